The summed E-state index contributed by atoms with van der Waals surface area (Å²) in [6.45, 7) is 3.91. The van der Waals surface area contributed by atoms with Gasteiger partial charge in [-0.3, -0.25) is 9.59 Å². The van der Waals surface area contributed by atoms with Crippen molar-refractivity contribution < 1.29 is 27.9 Å². The van der Waals surface area contributed by atoms with Crippen molar-refractivity contribution in [3.05, 3.63) is 63.1 Å². The van der Waals surface area contributed by atoms with Gasteiger partial charge in [0.05, 0.1) is 4.47 Å². The van der Waals surface area contributed by atoms with Crippen LogP contribution in [0, 0.1) is 0 Å². The standard InChI is InChI=1S/C21H21BrN6O2.C2HF3O2/c1-12(2)28-9-3-4-17(20(28)30)26-19-15(22)11-23-21(27-19)24-14-6-7-16-13(10-14)5-8-18(29)25-16;3-2(4,5)1(6)7/h3-4,6-7,9-12H,5,8H2,1-2H3,(H,25,29)(H2,23,24,26,27);(H,6,7). The number of fused-ring (bicyclic) bond motifs is 1. The molecule has 1 aliphatic rings. The zero-order chi connectivity index (χ0) is 27.3. The SMILES string of the molecule is CC(C)n1cccc(Nc2nc(Nc3ccc4c(c3)CCC(=O)N4)ncc2Br)c1=O.O=C(O)C(F)(F)F. The molecule has 14 heteroatoms. The van der Waals surface area contributed by atoms with E-state index in [9.17, 15) is 22.8 Å². The van der Waals surface area contributed by atoms with Crippen LogP contribution >= 0.6 is 15.9 Å². The number of aryl methyl sites for hydroxylation is 1. The van der Waals surface area contributed by atoms with E-state index in [0.29, 0.717) is 34.8 Å². The number of rotatable bonds is 5. The molecule has 4 rings (SSSR count). The van der Waals surface area contributed by atoms with E-state index in [2.05, 4.69) is 41.8 Å². The Morgan fingerprint density at radius 2 is 1.89 bits per heavy atom. The van der Waals surface area contributed by atoms with Crippen LogP contribution in [0.1, 0.15) is 31.9 Å². The fourth-order valence-corrected chi connectivity index (χ4v) is 3.53. The molecule has 1 aromatic carbocycles. The van der Waals surface area contributed by atoms with Crippen LogP contribution in [0.5, 0.6) is 0 Å². The number of anilines is 5. The van der Waals surface area contributed by atoms with Crippen molar-refractivity contribution in [3.8, 4) is 0 Å². The molecule has 10 nitrogen and oxygen atoms in total. The van der Waals surface area contributed by atoms with Gasteiger partial charge in [-0.1, -0.05) is 0 Å². The first-order chi connectivity index (χ1) is 17.3. The number of aliphatic carboxylic acids is 1. The molecule has 37 heavy (non-hydrogen) atoms. The first-order valence-electron chi connectivity index (χ1n) is 10.9. The summed E-state index contributed by atoms with van der Waals surface area (Å²) in [4.78, 5) is 41.9. The maximum absolute atomic E-state index is 12.7. The summed E-state index contributed by atoms with van der Waals surface area (Å²) in [6, 6.07) is 9.31. The van der Waals surface area contributed by atoms with Crippen LogP contribution in [-0.4, -0.2) is 37.7 Å². The van der Waals surface area contributed by atoms with Gasteiger partial charge in [0.1, 0.15) is 5.69 Å². The summed E-state index contributed by atoms with van der Waals surface area (Å²) in [6.07, 6.45) is -0.524. The lowest BCUT2D eigenvalue weighted by molar-refractivity contribution is -0.192. The minimum atomic E-state index is -5.08. The molecule has 0 bridgehead atoms. The second-order valence-corrected chi connectivity index (χ2v) is 8.95. The number of carboxylic acid groups (broad SMARTS) is 1. The Labute approximate surface area is 217 Å². The van der Waals surface area contributed by atoms with E-state index in [1.54, 1.807) is 23.0 Å². The molecule has 1 amide bonds. The Morgan fingerprint density at radius 3 is 2.54 bits per heavy atom. The molecule has 2 aromatic heterocycles. The number of halogens is 4. The molecule has 3 aromatic rings. The molecule has 1 aliphatic heterocycles. The average molecular weight is 583 g/mol. The molecule has 3 heterocycles. The van der Waals surface area contributed by atoms with E-state index in [-0.39, 0.29) is 17.5 Å². The van der Waals surface area contributed by atoms with Gasteiger partial charge in [0.2, 0.25) is 11.9 Å². The minimum Gasteiger partial charge on any atom is -0.475 e. The van der Waals surface area contributed by atoms with E-state index in [1.807, 2.05) is 38.1 Å². The zero-order valence-electron chi connectivity index (χ0n) is 19.6. The monoisotopic (exact) mass is 582 g/mol. The normalized spacial score (nSPS) is 12.7. The number of benzene rings is 1. The Hall–Kier alpha value is -3.94. The van der Waals surface area contributed by atoms with Crippen molar-refractivity contribution >= 4 is 56.6 Å². The van der Waals surface area contributed by atoms with Crippen LogP contribution in [0.4, 0.5) is 42.0 Å². The van der Waals surface area contributed by atoms with Gasteiger partial charge < -0.3 is 25.6 Å². The highest BCUT2D eigenvalue weighted by Crippen LogP contribution is 2.28. The number of aromatic nitrogens is 3. The van der Waals surface area contributed by atoms with E-state index >= 15 is 0 Å². The molecule has 0 unspecified atom stereocenters. The molecule has 0 saturated carbocycles. The zero-order valence-corrected chi connectivity index (χ0v) is 21.1. The molecule has 0 aliphatic carbocycles. The summed E-state index contributed by atoms with van der Waals surface area (Å²) in [5.41, 5.74) is 3.03. The predicted molar refractivity (Wildman–Crippen MR) is 134 cm³/mol. The number of carbonyl (C=O) groups is 2. The number of nitrogens with zero attached hydrogens (tertiary/aromatic N) is 3. The highest BCUT2D eigenvalue weighted by molar-refractivity contribution is 9.10. The summed E-state index contributed by atoms with van der Waals surface area (Å²) in [5, 5.41) is 16.3. The van der Waals surface area contributed by atoms with Crippen molar-refractivity contribution in [2.75, 3.05) is 16.0 Å². The molecule has 0 radical (unpaired) electrons. The van der Waals surface area contributed by atoms with Crippen LogP contribution in [0.3, 0.4) is 0 Å². The maximum Gasteiger partial charge on any atom is 0.490 e. The Balaban J connectivity index is 0.000000479. The van der Waals surface area contributed by atoms with Crippen LogP contribution in [-0.2, 0) is 16.0 Å². The molecule has 196 valence electrons. The predicted octanol–water partition coefficient (Wildman–Crippen LogP) is 4.99. The third kappa shape index (κ3) is 7.29. The summed E-state index contributed by atoms with van der Waals surface area (Å²) < 4.78 is 34.0. The number of hydrogen-bond acceptors (Lipinski definition) is 7. The Morgan fingerprint density at radius 1 is 1.19 bits per heavy atom. The van der Waals surface area contributed by atoms with Crippen molar-refractivity contribution in [3.63, 3.8) is 0 Å². The molecule has 4 N–H and O–H groups in total. The number of hydrogen-bond donors (Lipinski definition) is 4. The van der Waals surface area contributed by atoms with Gasteiger partial charge in [-0.2, -0.15) is 18.2 Å². The quantitative estimate of drug-likeness (QED) is 0.330. The van der Waals surface area contributed by atoms with Crippen molar-refractivity contribution in [2.45, 2.75) is 38.9 Å². The lowest BCUT2D eigenvalue weighted by atomic mass is 10.0. The van der Waals surface area contributed by atoms with Crippen LogP contribution < -0.4 is 21.5 Å². The number of carbonyl (C=O) groups excluding carboxylic acids is 1. The summed E-state index contributed by atoms with van der Waals surface area (Å²) >= 11 is 3.44. The molecular formula is C23H22BrF3N6O4. The van der Waals surface area contributed by atoms with Gasteiger partial charge >= 0.3 is 12.1 Å². The number of carboxylic acids is 1. The molecule has 0 spiro atoms. The largest absolute Gasteiger partial charge is 0.490 e. The fraction of sp³-hybridized carbons (Fsp3) is 0.261. The third-order valence-corrected chi connectivity index (χ3v) is 5.61. The third-order valence-electron chi connectivity index (χ3n) is 5.03. The van der Waals surface area contributed by atoms with Gasteiger partial charge in [0.25, 0.3) is 5.56 Å². The number of pyridine rings is 1. The van der Waals surface area contributed by atoms with Gasteiger partial charge in [-0.15, -0.1) is 0 Å². The minimum absolute atomic E-state index is 0.0348. The van der Waals surface area contributed by atoms with Crippen molar-refractivity contribution in [1.29, 1.82) is 0 Å². The fourth-order valence-electron chi connectivity index (χ4n) is 3.24. The number of amides is 1. The van der Waals surface area contributed by atoms with E-state index < -0.39 is 12.1 Å². The summed E-state index contributed by atoms with van der Waals surface area (Å²) in [5.74, 6) is -1.85. The van der Waals surface area contributed by atoms with E-state index in [0.717, 1.165) is 16.9 Å². The van der Waals surface area contributed by atoms with E-state index in [4.69, 9.17) is 9.90 Å². The first-order valence-corrected chi connectivity index (χ1v) is 11.6. The van der Waals surface area contributed by atoms with Crippen molar-refractivity contribution in [1.82, 2.24) is 14.5 Å². The van der Waals surface area contributed by atoms with Crippen molar-refractivity contribution in [2.24, 2.45) is 0 Å². The molecule has 0 atom stereocenters. The Bertz CT molecular complexity index is 1380. The second-order valence-electron chi connectivity index (χ2n) is 8.09. The summed E-state index contributed by atoms with van der Waals surface area (Å²) in [7, 11) is 0. The lowest BCUT2D eigenvalue weighted by Gasteiger charge is -2.18. The molecular weight excluding hydrogens is 561 g/mol. The topological polar surface area (TPSA) is 138 Å². The van der Waals surface area contributed by atoms with Gasteiger partial charge in [0.15, 0.2) is 5.82 Å². The lowest BCUT2D eigenvalue weighted by Crippen LogP contribution is -2.23. The van der Waals surface area contributed by atoms with Gasteiger partial charge in [-0.25, -0.2) is 9.78 Å². The van der Waals surface area contributed by atoms with Gasteiger partial charge in [-0.05, 0) is 72.1 Å². The highest BCUT2D eigenvalue weighted by Gasteiger charge is 2.38. The molecule has 0 saturated heterocycles. The average Bonchev–Trinajstić information content (AvgIpc) is 2.82. The second kappa shape index (κ2) is 11.4. The maximum atomic E-state index is 12.7. The van der Waals surface area contributed by atoms with E-state index in [1.165, 1.54) is 0 Å². The number of nitrogens with one attached hydrogen (secondary N) is 3. The molecule has 0 fully saturated rings. The van der Waals surface area contributed by atoms with Gasteiger partial charge in [0, 0.05) is 36.2 Å². The van der Waals surface area contributed by atoms with Crippen LogP contribution in [0.15, 0.2) is 52.0 Å². The van der Waals surface area contributed by atoms with Crippen LogP contribution in [0.2, 0.25) is 0 Å². The number of alkyl halides is 3. The first kappa shape index (κ1) is 27.6. The smallest absolute Gasteiger partial charge is 0.475 e. The van der Waals surface area contributed by atoms with Crippen LogP contribution in [0.25, 0.3) is 0 Å². The Kier molecular flexibility index (Phi) is 8.53. The highest BCUT2D eigenvalue weighted by atomic mass is 79.9.